The molecule has 0 saturated heterocycles. The average Bonchev–Trinajstić information content (AvgIpc) is 2.42. The summed E-state index contributed by atoms with van der Waals surface area (Å²) in [7, 11) is 0. The van der Waals surface area contributed by atoms with Gasteiger partial charge in [0.1, 0.15) is 0 Å². The van der Waals surface area contributed by atoms with Crippen LogP contribution < -0.4 is 5.73 Å². The molecule has 0 bridgehead atoms. The molecule has 0 aliphatic heterocycles. The Morgan fingerprint density at radius 1 is 1.11 bits per heavy atom. The topological polar surface area (TPSA) is 66.5 Å². The normalized spacial score (nSPS) is 14.1. The number of phenolic OH excluding ortho intramolecular Hbond substituents is 1. The van der Waals surface area contributed by atoms with E-state index >= 15 is 0 Å². The van der Waals surface area contributed by atoms with Crippen LogP contribution in [0.1, 0.15) is 17.2 Å². The predicted molar refractivity (Wildman–Crippen MR) is 71.1 cm³/mol. The molecule has 4 N–H and O–H groups in total. The summed E-state index contributed by atoms with van der Waals surface area (Å²) in [6.45, 7) is 0. The van der Waals surface area contributed by atoms with Gasteiger partial charge in [0.2, 0.25) is 0 Å². The van der Waals surface area contributed by atoms with Crippen molar-refractivity contribution in [3.05, 3.63) is 65.5 Å². The molecule has 4 heteroatoms. The van der Waals surface area contributed by atoms with Crippen LogP contribution in [0.4, 0.5) is 4.39 Å². The maximum Gasteiger partial charge on any atom is 0.165 e. The van der Waals surface area contributed by atoms with E-state index in [1.165, 1.54) is 12.1 Å². The third kappa shape index (κ3) is 3.30. The molecule has 0 radical (unpaired) electrons. The number of hydrogen-bond donors (Lipinski definition) is 3. The van der Waals surface area contributed by atoms with Crippen molar-refractivity contribution in [1.29, 1.82) is 0 Å². The molecule has 2 atom stereocenters. The summed E-state index contributed by atoms with van der Waals surface area (Å²) < 4.78 is 13.2. The standard InChI is InChI=1S/C15H16FNO2/c16-12-9-11(6-7-13(12)18)15(17)14(19)8-10-4-2-1-3-5-10/h1-7,9,14-15,18-19H,8,17H2/t14-,15+/m1/s1. The lowest BCUT2D eigenvalue weighted by atomic mass is 9.97. The fourth-order valence-electron chi connectivity index (χ4n) is 1.94. The smallest absolute Gasteiger partial charge is 0.165 e. The highest BCUT2D eigenvalue weighted by Crippen LogP contribution is 2.22. The Balaban J connectivity index is 2.10. The minimum atomic E-state index is -0.814. The van der Waals surface area contributed by atoms with Crippen LogP contribution in [-0.4, -0.2) is 16.3 Å². The van der Waals surface area contributed by atoms with Crippen molar-refractivity contribution in [3.63, 3.8) is 0 Å². The molecule has 0 saturated carbocycles. The Kier molecular flexibility index (Phi) is 4.14. The van der Waals surface area contributed by atoms with Gasteiger partial charge in [-0.1, -0.05) is 36.4 Å². The molecule has 2 aromatic carbocycles. The summed E-state index contributed by atoms with van der Waals surface area (Å²) in [6.07, 6.45) is -0.420. The van der Waals surface area contributed by atoms with Gasteiger partial charge in [0.15, 0.2) is 11.6 Å². The van der Waals surface area contributed by atoms with Crippen molar-refractivity contribution in [2.75, 3.05) is 0 Å². The molecule has 0 aliphatic rings. The molecule has 0 aliphatic carbocycles. The van der Waals surface area contributed by atoms with Crippen molar-refractivity contribution < 1.29 is 14.6 Å². The zero-order valence-electron chi connectivity index (χ0n) is 10.3. The highest BCUT2D eigenvalue weighted by atomic mass is 19.1. The number of nitrogens with two attached hydrogens (primary N) is 1. The molecule has 0 unspecified atom stereocenters. The molecule has 0 spiro atoms. The fourth-order valence-corrected chi connectivity index (χ4v) is 1.94. The molecule has 0 fully saturated rings. The zero-order chi connectivity index (χ0) is 13.8. The number of phenols is 1. The largest absolute Gasteiger partial charge is 0.505 e. The first-order valence-corrected chi connectivity index (χ1v) is 6.04. The van der Waals surface area contributed by atoms with Crippen LogP contribution >= 0.6 is 0 Å². The van der Waals surface area contributed by atoms with Crippen LogP contribution in [0.5, 0.6) is 5.75 Å². The van der Waals surface area contributed by atoms with Gasteiger partial charge in [-0.3, -0.25) is 0 Å². The van der Waals surface area contributed by atoms with E-state index < -0.39 is 23.7 Å². The molecule has 3 nitrogen and oxygen atoms in total. The molecular formula is C15H16FNO2. The van der Waals surface area contributed by atoms with Gasteiger partial charge in [0, 0.05) is 6.42 Å². The number of halogens is 1. The van der Waals surface area contributed by atoms with Gasteiger partial charge in [-0.15, -0.1) is 0 Å². The Morgan fingerprint density at radius 2 is 1.79 bits per heavy atom. The lowest BCUT2D eigenvalue weighted by molar-refractivity contribution is 0.145. The van der Waals surface area contributed by atoms with Crippen LogP contribution in [0, 0.1) is 5.82 Å². The molecule has 2 rings (SSSR count). The lowest BCUT2D eigenvalue weighted by Gasteiger charge is -2.19. The first-order valence-electron chi connectivity index (χ1n) is 6.04. The van der Waals surface area contributed by atoms with Crippen molar-refractivity contribution in [3.8, 4) is 5.75 Å². The van der Waals surface area contributed by atoms with E-state index in [9.17, 15) is 9.50 Å². The number of benzene rings is 2. The summed E-state index contributed by atoms with van der Waals surface area (Å²) >= 11 is 0. The van der Waals surface area contributed by atoms with Crippen LogP contribution in [0.2, 0.25) is 0 Å². The van der Waals surface area contributed by atoms with E-state index in [1.807, 2.05) is 30.3 Å². The zero-order valence-corrected chi connectivity index (χ0v) is 10.3. The Hall–Kier alpha value is -1.91. The molecule has 19 heavy (non-hydrogen) atoms. The maximum absolute atomic E-state index is 13.2. The minimum Gasteiger partial charge on any atom is -0.505 e. The van der Waals surface area contributed by atoms with Gasteiger partial charge in [-0.2, -0.15) is 0 Å². The third-order valence-corrected chi connectivity index (χ3v) is 3.06. The number of aliphatic hydroxyl groups excluding tert-OH is 1. The molecule has 0 aromatic heterocycles. The van der Waals surface area contributed by atoms with Gasteiger partial charge >= 0.3 is 0 Å². The van der Waals surface area contributed by atoms with Gasteiger partial charge < -0.3 is 15.9 Å². The van der Waals surface area contributed by atoms with Crippen molar-refractivity contribution in [2.45, 2.75) is 18.6 Å². The molecule has 0 amide bonds. The van der Waals surface area contributed by atoms with Crippen LogP contribution in [0.3, 0.4) is 0 Å². The first-order chi connectivity index (χ1) is 9.08. The number of hydrogen-bond acceptors (Lipinski definition) is 3. The molecular weight excluding hydrogens is 245 g/mol. The summed E-state index contributed by atoms with van der Waals surface area (Å²) in [5, 5.41) is 19.2. The Bertz CT molecular complexity index is 545. The van der Waals surface area contributed by atoms with E-state index in [4.69, 9.17) is 10.8 Å². The highest BCUT2D eigenvalue weighted by Gasteiger charge is 2.18. The molecule has 2 aromatic rings. The van der Waals surface area contributed by atoms with Gasteiger partial charge in [0.25, 0.3) is 0 Å². The average molecular weight is 261 g/mol. The van der Waals surface area contributed by atoms with Crippen LogP contribution in [0.25, 0.3) is 0 Å². The SMILES string of the molecule is N[C@@H](c1ccc(O)c(F)c1)[C@H](O)Cc1ccccc1. The Labute approximate surface area is 111 Å². The second kappa shape index (κ2) is 5.82. The van der Waals surface area contributed by atoms with Crippen molar-refractivity contribution in [1.82, 2.24) is 0 Å². The van der Waals surface area contributed by atoms with E-state index in [0.29, 0.717) is 12.0 Å². The van der Waals surface area contributed by atoms with E-state index in [-0.39, 0.29) is 0 Å². The van der Waals surface area contributed by atoms with Crippen molar-refractivity contribution in [2.24, 2.45) is 5.73 Å². The second-order valence-corrected chi connectivity index (χ2v) is 4.49. The minimum absolute atomic E-state index is 0.393. The first kappa shape index (κ1) is 13.5. The number of rotatable bonds is 4. The van der Waals surface area contributed by atoms with E-state index in [2.05, 4.69) is 0 Å². The summed E-state index contributed by atoms with van der Waals surface area (Å²) in [5.41, 5.74) is 7.33. The number of aliphatic hydroxyl groups is 1. The second-order valence-electron chi connectivity index (χ2n) is 4.49. The van der Waals surface area contributed by atoms with Crippen LogP contribution in [0.15, 0.2) is 48.5 Å². The summed E-state index contributed by atoms with van der Waals surface area (Å²) in [6, 6.07) is 12.6. The van der Waals surface area contributed by atoms with Crippen molar-refractivity contribution >= 4 is 0 Å². The third-order valence-electron chi connectivity index (χ3n) is 3.06. The summed E-state index contributed by atoms with van der Waals surface area (Å²) in [5.74, 6) is -1.16. The molecule has 100 valence electrons. The Morgan fingerprint density at radius 3 is 2.42 bits per heavy atom. The van der Waals surface area contributed by atoms with Gasteiger partial charge in [0.05, 0.1) is 12.1 Å². The van der Waals surface area contributed by atoms with E-state index in [0.717, 1.165) is 11.6 Å². The van der Waals surface area contributed by atoms with Gasteiger partial charge in [-0.25, -0.2) is 4.39 Å². The van der Waals surface area contributed by atoms with Gasteiger partial charge in [-0.05, 0) is 23.3 Å². The molecule has 0 heterocycles. The quantitative estimate of drug-likeness (QED) is 0.790. The highest BCUT2D eigenvalue weighted by molar-refractivity contribution is 5.30. The monoisotopic (exact) mass is 261 g/mol. The van der Waals surface area contributed by atoms with Crippen LogP contribution in [-0.2, 0) is 6.42 Å². The number of aromatic hydroxyl groups is 1. The predicted octanol–water partition coefficient (Wildman–Crippen LogP) is 2.13. The summed E-state index contributed by atoms with van der Waals surface area (Å²) in [4.78, 5) is 0. The fraction of sp³-hybridized carbons (Fsp3) is 0.200. The maximum atomic E-state index is 13.2. The lowest BCUT2D eigenvalue weighted by Crippen LogP contribution is -2.28. The van der Waals surface area contributed by atoms with E-state index in [1.54, 1.807) is 0 Å².